The van der Waals surface area contributed by atoms with Crippen molar-refractivity contribution in [2.24, 2.45) is 0 Å². The zero-order chi connectivity index (χ0) is 14.5. The van der Waals surface area contributed by atoms with Crippen molar-refractivity contribution in [2.45, 2.75) is 0 Å². The normalized spacial score (nSPS) is 14.8. The molecule has 3 rings (SSSR count). The molecular weight excluding hydrogens is 266 g/mol. The minimum absolute atomic E-state index is 0.203. The number of carbonyl (C=O) groups excluding carboxylic acids is 1. The Morgan fingerprint density at radius 3 is 2.71 bits per heavy atom. The number of pyridine rings is 2. The fourth-order valence-corrected chi connectivity index (χ4v) is 2.26. The molecule has 2 aromatic rings. The van der Waals surface area contributed by atoms with Gasteiger partial charge in [0.05, 0.1) is 17.4 Å². The Labute approximate surface area is 123 Å². The van der Waals surface area contributed by atoms with E-state index < -0.39 is 0 Å². The van der Waals surface area contributed by atoms with Crippen molar-refractivity contribution in [1.29, 1.82) is 0 Å². The van der Waals surface area contributed by atoms with Gasteiger partial charge in [-0.3, -0.25) is 9.78 Å². The first-order valence-corrected chi connectivity index (χ1v) is 6.96. The summed E-state index contributed by atoms with van der Waals surface area (Å²) in [6, 6.07) is 7.26. The number of carbonyl (C=O) groups is 1. The van der Waals surface area contributed by atoms with E-state index in [2.05, 4.69) is 25.5 Å². The minimum atomic E-state index is -0.203. The van der Waals surface area contributed by atoms with E-state index >= 15 is 0 Å². The van der Waals surface area contributed by atoms with E-state index in [1.807, 2.05) is 12.1 Å². The Balaban J connectivity index is 1.65. The highest BCUT2D eigenvalue weighted by atomic mass is 16.1. The molecule has 21 heavy (non-hydrogen) atoms. The molecule has 1 aliphatic rings. The summed E-state index contributed by atoms with van der Waals surface area (Å²) in [6.45, 7) is 3.92. The Kier molecular flexibility index (Phi) is 4.07. The number of nitrogens with one attached hydrogen (secondary N) is 2. The summed E-state index contributed by atoms with van der Waals surface area (Å²) in [4.78, 5) is 22.5. The lowest BCUT2D eigenvalue weighted by Crippen LogP contribution is -2.43. The van der Waals surface area contributed by atoms with Gasteiger partial charge in [0.25, 0.3) is 5.91 Å². The topological polar surface area (TPSA) is 70.2 Å². The molecule has 2 N–H and O–H groups in total. The SMILES string of the molecule is O=C(Nc1ccc(N2CCNCC2)cn1)c1cccnc1. The highest BCUT2D eigenvalue weighted by Gasteiger charge is 2.11. The van der Waals surface area contributed by atoms with E-state index in [4.69, 9.17) is 0 Å². The molecule has 0 bridgehead atoms. The minimum Gasteiger partial charge on any atom is -0.368 e. The van der Waals surface area contributed by atoms with Crippen molar-refractivity contribution in [1.82, 2.24) is 15.3 Å². The van der Waals surface area contributed by atoms with Crippen LogP contribution in [0.15, 0.2) is 42.9 Å². The second-order valence-electron chi connectivity index (χ2n) is 4.83. The van der Waals surface area contributed by atoms with Crippen molar-refractivity contribution >= 4 is 17.4 Å². The fourth-order valence-electron chi connectivity index (χ4n) is 2.26. The van der Waals surface area contributed by atoms with Crippen LogP contribution in [-0.2, 0) is 0 Å². The second-order valence-corrected chi connectivity index (χ2v) is 4.83. The maximum Gasteiger partial charge on any atom is 0.258 e. The fraction of sp³-hybridized carbons (Fsp3) is 0.267. The molecule has 1 amide bonds. The van der Waals surface area contributed by atoms with Crippen LogP contribution < -0.4 is 15.5 Å². The molecule has 1 saturated heterocycles. The summed E-state index contributed by atoms with van der Waals surface area (Å²) in [7, 11) is 0. The lowest BCUT2D eigenvalue weighted by Gasteiger charge is -2.29. The average Bonchev–Trinajstić information content (AvgIpc) is 2.57. The summed E-state index contributed by atoms with van der Waals surface area (Å²) >= 11 is 0. The molecule has 1 aliphatic heterocycles. The van der Waals surface area contributed by atoms with Gasteiger partial charge in [-0.1, -0.05) is 0 Å². The zero-order valence-electron chi connectivity index (χ0n) is 11.6. The van der Waals surface area contributed by atoms with Crippen LogP contribution in [-0.4, -0.2) is 42.1 Å². The number of hydrogen-bond acceptors (Lipinski definition) is 5. The van der Waals surface area contributed by atoms with Gasteiger partial charge in [-0.15, -0.1) is 0 Å². The van der Waals surface area contributed by atoms with E-state index in [0.717, 1.165) is 31.9 Å². The molecular formula is C15H17N5O. The zero-order valence-corrected chi connectivity index (χ0v) is 11.6. The number of hydrogen-bond donors (Lipinski definition) is 2. The molecule has 108 valence electrons. The van der Waals surface area contributed by atoms with Crippen LogP contribution in [0, 0.1) is 0 Å². The van der Waals surface area contributed by atoms with Crippen LogP contribution in [0.4, 0.5) is 11.5 Å². The third-order valence-electron chi connectivity index (χ3n) is 3.40. The van der Waals surface area contributed by atoms with E-state index in [1.165, 1.54) is 6.20 Å². The second kappa shape index (κ2) is 6.32. The largest absolute Gasteiger partial charge is 0.368 e. The van der Waals surface area contributed by atoms with Crippen molar-refractivity contribution in [3.8, 4) is 0 Å². The molecule has 0 saturated carbocycles. The lowest BCUT2D eigenvalue weighted by molar-refractivity contribution is 0.102. The van der Waals surface area contributed by atoms with Gasteiger partial charge in [-0.25, -0.2) is 4.98 Å². The van der Waals surface area contributed by atoms with Crippen molar-refractivity contribution in [3.05, 3.63) is 48.4 Å². The highest BCUT2D eigenvalue weighted by molar-refractivity contribution is 6.03. The number of piperazine rings is 1. The van der Waals surface area contributed by atoms with E-state index in [9.17, 15) is 4.79 Å². The summed E-state index contributed by atoms with van der Waals surface area (Å²) in [5, 5.41) is 6.08. The maximum atomic E-state index is 12.0. The Hall–Kier alpha value is -2.47. The van der Waals surface area contributed by atoms with Gasteiger partial charge < -0.3 is 15.5 Å². The molecule has 3 heterocycles. The third kappa shape index (κ3) is 3.35. The van der Waals surface area contributed by atoms with Crippen LogP contribution in [0.3, 0.4) is 0 Å². The number of anilines is 2. The van der Waals surface area contributed by atoms with Crippen molar-refractivity contribution in [2.75, 3.05) is 36.4 Å². The first-order valence-electron chi connectivity index (χ1n) is 6.96. The quantitative estimate of drug-likeness (QED) is 0.884. The molecule has 0 atom stereocenters. The Bertz CT molecular complexity index is 593. The van der Waals surface area contributed by atoms with Gasteiger partial charge in [-0.2, -0.15) is 0 Å². The predicted molar refractivity (Wildman–Crippen MR) is 81.5 cm³/mol. The van der Waals surface area contributed by atoms with E-state index in [0.29, 0.717) is 11.4 Å². The third-order valence-corrected chi connectivity index (χ3v) is 3.40. The number of amides is 1. The number of nitrogens with zero attached hydrogens (tertiary/aromatic N) is 3. The molecule has 0 spiro atoms. The van der Waals surface area contributed by atoms with Crippen LogP contribution >= 0.6 is 0 Å². The maximum absolute atomic E-state index is 12.0. The van der Waals surface area contributed by atoms with E-state index in [1.54, 1.807) is 24.5 Å². The average molecular weight is 283 g/mol. The molecule has 1 fully saturated rings. The predicted octanol–water partition coefficient (Wildman–Crippen LogP) is 1.14. The molecule has 0 radical (unpaired) electrons. The van der Waals surface area contributed by atoms with Gasteiger partial charge in [0, 0.05) is 38.6 Å². The summed E-state index contributed by atoms with van der Waals surface area (Å²) in [5.74, 6) is 0.341. The van der Waals surface area contributed by atoms with Crippen LogP contribution in [0.5, 0.6) is 0 Å². The van der Waals surface area contributed by atoms with Crippen LogP contribution in [0.1, 0.15) is 10.4 Å². The Morgan fingerprint density at radius 1 is 1.19 bits per heavy atom. The Morgan fingerprint density at radius 2 is 2.05 bits per heavy atom. The van der Waals surface area contributed by atoms with Crippen molar-refractivity contribution < 1.29 is 4.79 Å². The standard InChI is InChI=1S/C15H17N5O/c21-15(12-2-1-5-17-10-12)19-14-4-3-13(11-18-14)20-8-6-16-7-9-20/h1-5,10-11,16H,6-9H2,(H,18,19,21). The summed E-state index contributed by atoms with van der Waals surface area (Å²) < 4.78 is 0. The molecule has 6 heteroatoms. The first-order chi connectivity index (χ1) is 10.3. The molecule has 6 nitrogen and oxygen atoms in total. The first kappa shape index (κ1) is 13.5. The van der Waals surface area contributed by atoms with Gasteiger partial charge in [0.2, 0.25) is 0 Å². The molecule has 0 aliphatic carbocycles. The van der Waals surface area contributed by atoms with Gasteiger partial charge in [0.1, 0.15) is 5.82 Å². The molecule has 0 unspecified atom stereocenters. The summed E-state index contributed by atoms with van der Waals surface area (Å²) in [5.41, 5.74) is 1.60. The van der Waals surface area contributed by atoms with Gasteiger partial charge in [0.15, 0.2) is 0 Å². The molecule has 2 aromatic heterocycles. The van der Waals surface area contributed by atoms with Crippen LogP contribution in [0.2, 0.25) is 0 Å². The monoisotopic (exact) mass is 283 g/mol. The molecule has 0 aromatic carbocycles. The number of rotatable bonds is 3. The van der Waals surface area contributed by atoms with Crippen molar-refractivity contribution in [3.63, 3.8) is 0 Å². The summed E-state index contributed by atoms with van der Waals surface area (Å²) in [6.07, 6.45) is 4.96. The lowest BCUT2D eigenvalue weighted by atomic mass is 10.2. The number of aromatic nitrogens is 2. The van der Waals surface area contributed by atoms with E-state index in [-0.39, 0.29) is 5.91 Å². The highest BCUT2D eigenvalue weighted by Crippen LogP contribution is 2.16. The van der Waals surface area contributed by atoms with Gasteiger partial charge >= 0.3 is 0 Å². The van der Waals surface area contributed by atoms with Gasteiger partial charge in [-0.05, 0) is 24.3 Å². The smallest absolute Gasteiger partial charge is 0.258 e. The van der Waals surface area contributed by atoms with Crippen LogP contribution in [0.25, 0.3) is 0 Å².